The van der Waals surface area contributed by atoms with Gasteiger partial charge in [0.15, 0.2) is 0 Å². The summed E-state index contributed by atoms with van der Waals surface area (Å²) >= 11 is 0. The van der Waals surface area contributed by atoms with Crippen LogP contribution < -0.4 is 20.3 Å². The molecular formula is HCa2O6P. The fourth-order valence-corrected chi connectivity index (χ4v) is 0. The summed E-state index contributed by atoms with van der Waals surface area (Å²) in [6.45, 7) is 0. The van der Waals surface area contributed by atoms with Crippen molar-refractivity contribution in [3.63, 3.8) is 0 Å². The SMILES string of the molecule is O=P([O-])([O-])O.[Ca+2].[Ca+2].[O-][O-]. The standard InChI is InChI=1S/2Ca.H3O4P.O2/c;;1-5(2,3)4;1-2/h;;(H3,1,2,3,4);/q2*+2;;-2/p-2. The first-order valence-corrected chi connectivity index (χ1v) is 2.41. The molecule has 0 atom stereocenters. The van der Waals surface area contributed by atoms with E-state index in [0.717, 1.165) is 0 Å². The van der Waals surface area contributed by atoms with Crippen LogP contribution in [0, 0.1) is 0 Å². The zero-order valence-electron chi connectivity index (χ0n) is 4.35. The molecule has 1 N–H and O–H groups in total. The zero-order chi connectivity index (χ0) is 6.50. The first-order valence-electron chi connectivity index (χ1n) is 0.914. The van der Waals surface area contributed by atoms with Crippen LogP contribution in [0.15, 0.2) is 0 Å². The minimum absolute atomic E-state index is 0. The summed E-state index contributed by atoms with van der Waals surface area (Å²) in [6, 6.07) is 0. The van der Waals surface area contributed by atoms with Crippen molar-refractivity contribution in [2.45, 2.75) is 0 Å². The summed E-state index contributed by atoms with van der Waals surface area (Å²) < 4.78 is 8.66. The molecule has 0 radical (unpaired) electrons. The Kier molecular flexibility index (Phi) is 33.0. The van der Waals surface area contributed by atoms with Gasteiger partial charge in [-0.15, -0.1) is 0 Å². The van der Waals surface area contributed by atoms with Crippen LogP contribution in [-0.2, 0) is 4.57 Å². The van der Waals surface area contributed by atoms with Gasteiger partial charge >= 0.3 is 75.5 Å². The zero-order valence-corrected chi connectivity index (χ0v) is 9.66. The Morgan fingerprint density at radius 3 is 1.11 bits per heavy atom. The van der Waals surface area contributed by atoms with Crippen LogP contribution in [0.3, 0.4) is 0 Å². The molecule has 0 unspecified atom stereocenters. The van der Waals surface area contributed by atoms with E-state index in [1.54, 1.807) is 0 Å². The average Bonchev–Trinajstić information content (AvgIpc) is 1.36. The molecule has 0 aromatic rings. The van der Waals surface area contributed by atoms with Crippen molar-refractivity contribution >= 4 is 83.3 Å². The molecule has 0 amide bonds. The molecule has 0 aromatic carbocycles. The molecule has 6 nitrogen and oxygen atoms in total. The normalized spacial score (nSPS) is 7.22. The molecule has 9 heavy (non-hydrogen) atoms. The van der Waals surface area contributed by atoms with Crippen molar-refractivity contribution in [1.82, 2.24) is 0 Å². The molecule has 46 valence electrons. The second-order valence-corrected chi connectivity index (χ2v) is 1.41. The Labute approximate surface area is 111 Å². The molecular weight excluding hydrogens is 207 g/mol. The topological polar surface area (TPSA) is 130 Å². The molecule has 0 saturated carbocycles. The summed E-state index contributed by atoms with van der Waals surface area (Å²) in [6.07, 6.45) is 0. The van der Waals surface area contributed by atoms with Gasteiger partial charge in [-0.2, -0.15) is 0 Å². The molecule has 0 rings (SSSR count). The van der Waals surface area contributed by atoms with Gasteiger partial charge in [-0.25, -0.2) is 0 Å². The van der Waals surface area contributed by atoms with E-state index < -0.39 is 7.82 Å². The monoisotopic (exact) mass is 208 g/mol. The molecule has 0 heterocycles. The maximum atomic E-state index is 8.66. The Morgan fingerprint density at radius 1 is 1.11 bits per heavy atom. The predicted molar refractivity (Wildman–Crippen MR) is 21.3 cm³/mol. The summed E-state index contributed by atoms with van der Waals surface area (Å²) in [7, 11) is -5.14. The predicted octanol–water partition coefficient (Wildman–Crippen LogP) is -5.33. The molecule has 0 bridgehead atoms. The Morgan fingerprint density at radius 2 is 1.11 bits per heavy atom. The van der Waals surface area contributed by atoms with E-state index in [1.165, 1.54) is 0 Å². The van der Waals surface area contributed by atoms with Crippen LogP contribution in [0.5, 0.6) is 0 Å². The fraction of sp³-hybridized carbons (Fsp3) is 0. The molecule has 0 fully saturated rings. The number of hydrogen-bond donors (Lipinski definition) is 1. The molecule has 0 spiro atoms. The van der Waals surface area contributed by atoms with Crippen LogP contribution in [0.2, 0.25) is 0 Å². The van der Waals surface area contributed by atoms with Crippen molar-refractivity contribution < 1.29 is 29.8 Å². The van der Waals surface area contributed by atoms with Crippen LogP contribution in [-0.4, -0.2) is 80.4 Å². The first-order chi connectivity index (χ1) is 3.00. The smallest absolute Gasteiger partial charge is 1.00 e. The maximum Gasteiger partial charge on any atom is 2.00 e. The minimum atomic E-state index is -5.14. The van der Waals surface area contributed by atoms with Crippen molar-refractivity contribution in [2.24, 2.45) is 0 Å². The summed E-state index contributed by atoms with van der Waals surface area (Å²) in [4.78, 5) is 24.3. The average molecular weight is 208 g/mol. The van der Waals surface area contributed by atoms with E-state index in [9.17, 15) is 0 Å². The molecule has 0 aliphatic heterocycles. The van der Waals surface area contributed by atoms with Crippen LogP contribution in [0.1, 0.15) is 0 Å². The van der Waals surface area contributed by atoms with Crippen LogP contribution >= 0.6 is 7.82 Å². The summed E-state index contributed by atoms with van der Waals surface area (Å²) in [5.41, 5.74) is 0. The van der Waals surface area contributed by atoms with E-state index in [4.69, 9.17) is 29.8 Å². The second-order valence-electron chi connectivity index (χ2n) is 0.469. The molecule has 0 aliphatic carbocycles. The van der Waals surface area contributed by atoms with E-state index >= 15 is 0 Å². The van der Waals surface area contributed by atoms with Gasteiger partial charge in [0.25, 0.3) is 0 Å². The third-order valence-electron chi connectivity index (χ3n) is 0. The number of rotatable bonds is 0. The molecule has 9 heteroatoms. The fourth-order valence-electron chi connectivity index (χ4n) is 0. The Hall–Kier alpha value is 2.55. The van der Waals surface area contributed by atoms with Gasteiger partial charge in [0.05, 0.1) is 7.82 Å². The molecule has 0 saturated heterocycles. The Balaban J connectivity index is -0.0000000286. The molecule has 0 aliphatic rings. The van der Waals surface area contributed by atoms with Crippen LogP contribution in [0.4, 0.5) is 0 Å². The second kappa shape index (κ2) is 13.2. The van der Waals surface area contributed by atoms with Crippen LogP contribution in [0.25, 0.3) is 0 Å². The first kappa shape index (κ1) is 22.6. The van der Waals surface area contributed by atoms with E-state index in [0.29, 0.717) is 0 Å². The molecule has 0 aromatic heterocycles. The third kappa shape index (κ3) is 119. The largest absolute Gasteiger partial charge is 2.00 e. The Bertz CT molecular complexity index is 57.2. The maximum absolute atomic E-state index is 8.66. The van der Waals surface area contributed by atoms with E-state index in [2.05, 4.69) is 0 Å². The van der Waals surface area contributed by atoms with Gasteiger partial charge in [0.2, 0.25) is 0 Å². The van der Waals surface area contributed by atoms with E-state index in [1.807, 2.05) is 0 Å². The quantitative estimate of drug-likeness (QED) is 0.183. The van der Waals surface area contributed by atoms with E-state index in [-0.39, 0.29) is 75.5 Å². The van der Waals surface area contributed by atoms with Crippen molar-refractivity contribution in [3.05, 3.63) is 0 Å². The van der Waals surface area contributed by atoms with Gasteiger partial charge in [-0.3, -0.25) is 0 Å². The van der Waals surface area contributed by atoms with Gasteiger partial charge in [0, 0.05) is 0 Å². The summed E-state index contributed by atoms with van der Waals surface area (Å²) in [5.74, 6) is 0. The van der Waals surface area contributed by atoms with Gasteiger partial charge < -0.3 is 29.8 Å². The van der Waals surface area contributed by atoms with Gasteiger partial charge in [-0.05, 0) is 0 Å². The van der Waals surface area contributed by atoms with Gasteiger partial charge in [0.1, 0.15) is 0 Å². The van der Waals surface area contributed by atoms with Crippen molar-refractivity contribution in [3.8, 4) is 0 Å². The van der Waals surface area contributed by atoms with Crippen molar-refractivity contribution in [2.75, 3.05) is 0 Å². The van der Waals surface area contributed by atoms with Crippen molar-refractivity contribution in [1.29, 1.82) is 0 Å². The summed E-state index contributed by atoms with van der Waals surface area (Å²) in [5, 5.41) is 14.0. The number of phosphoric acid groups is 1. The third-order valence-corrected chi connectivity index (χ3v) is 0. The number of hydrogen-bond acceptors (Lipinski definition) is 5. The van der Waals surface area contributed by atoms with Gasteiger partial charge in [-0.1, -0.05) is 0 Å². The minimum Gasteiger partial charge on any atom is -1.00 e.